The number of aryl methyl sites for hydroxylation is 1. The summed E-state index contributed by atoms with van der Waals surface area (Å²) in [5, 5.41) is 6.07. The summed E-state index contributed by atoms with van der Waals surface area (Å²) < 4.78 is 3.61. The summed E-state index contributed by atoms with van der Waals surface area (Å²) in [6.45, 7) is 1.51. The summed E-state index contributed by atoms with van der Waals surface area (Å²) in [7, 11) is 0. The Balaban J connectivity index is 1.59. The molecule has 1 atom stereocenters. The number of amides is 1. The minimum absolute atomic E-state index is 0.0851. The Bertz CT molecular complexity index is 930. The third-order valence-electron chi connectivity index (χ3n) is 4.67. The van der Waals surface area contributed by atoms with Crippen LogP contribution in [0.25, 0.3) is 4.96 Å². The molecule has 3 aromatic heterocycles. The second-order valence-corrected chi connectivity index (χ2v) is 7.11. The molecule has 0 unspecified atom stereocenters. The second-order valence-electron chi connectivity index (χ2n) is 6.24. The van der Waals surface area contributed by atoms with E-state index in [2.05, 4.69) is 10.1 Å². The van der Waals surface area contributed by atoms with Gasteiger partial charge in [-0.15, -0.1) is 11.3 Å². The molecule has 0 spiro atoms. The average molecular weight is 357 g/mol. The van der Waals surface area contributed by atoms with E-state index in [-0.39, 0.29) is 17.5 Å². The lowest BCUT2D eigenvalue weighted by Crippen LogP contribution is -2.45. The molecule has 1 amide bonds. The molecule has 1 fully saturated rings. The fourth-order valence-corrected chi connectivity index (χ4v) is 4.16. The van der Waals surface area contributed by atoms with Crippen molar-refractivity contribution >= 4 is 22.2 Å². The molecular formula is C17H19N5O2S. The van der Waals surface area contributed by atoms with E-state index in [0.717, 1.165) is 38.8 Å². The molecule has 8 heteroatoms. The van der Waals surface area contributed by atoms with Gasteiger partial charge in [0.25, 0.3) is 11.5 Å². The summed E-state index contributed by atoms with van der Waals surface area (Å²) in [4.78, 5) is 31.4. The summed E-state index contributed by atoms with van der Waals surface area (Å²) >= 11 is 1.36. The molecule has 7 nitrogen and oxygen atoms in total. The van der Waals surface area contributed by atoms with Crippen molar-refractivity contribution in [3.05, 3.63) is 52.2 Å². The molecule has 0 radical (unpaired) electrons. The number of carbonyl (C=O) groups excluding carboxylic acids is 1. The fraction of sp³-hybridized carbons (Fsp3) is 0.412. The molecule has 0 bridgehead atoms. The molecule has 0 N–H and O–H groups in total. The third kappa shape index (κ3) is 3.21. The summed E-state index contributed by atoms with van der Waals surface area (Å²) in [5.74, 6) is -0.0851. The highest BCUT2D eigenvalue weighted by molar-refractivity contribution is 7.15. The zero-order valence-electron chi connectivity index (χ0n) is 13.7. The number of likely N-dealkylation sites (tertiary alicyclic amines) is 1. The Morgan fingerprint density at radius 2 is 2.24 bits per heavy atom. The number of hydrogen-bond acceptors (Lipinski definition) is 5. The van der Waals surface area contributed by atoms with Crippen LogP contribution in [0.15, 0.2) is 40.9 Å². The average Bonchev–Trinajstić information content (AvgIpc) is 3.30. The molecule has 4 rings (SSSR count). The number of rotatable bonds is 4. The Morgan fingerprint density at radius 1 is 1.32 bits per heavy atom. The molecular weight excluding hydrogens is 338 g/mol. The second kappa shape index (κ2) is 6.79. The van der Waals surface area contributed by atoms with Gasteiger partial charge in [-0.1, -0.05) is 0 Å². The first-order valence-corrected chi connectivity index (χ1v) is 9.35. The van der Waals surface area contributed by atoms with Gasteiger partial charge in [0.2, 0.25) is 0 Å². The van der Waals surface area contributed by atoms with Gasteiger partial charge in [0.05, 0.1) is 0 Å². The maximum atomic E-state index is 13.2. The largest absolute Gasteiger partial charge is 0.334 e. The molecule has 1 aliphatic heterocycles. The first-order chi connectivity index (χ1) is 12.2. The predicted octanol–water partition coefficient (Wildman–Crippen LogP) is 2.04. The molecule has 1 aliphatic rings. The van der Waals surface area contributed by atoms with Crippen LogP contribution in [0.2, 0.25) is 0 Å². The van der Waals surface area contributed by atoms with E-state index >= 15 is 0 Å². The lowest BCUT2D eigenvalue weighted by atomic mass is 9.98. The molecule has 0 aliphatic carbocycles. The molecule has 25 heavy (non-hydrogen) atoms. The van der Waals surface area contributed by atoms with E-state index < -0.39 is 0 Å². The van der Waals surface area contributed by atoms with E-state index in [9.17, 15) is 9.59 Å². The van der Waals surface area contributed by atoms with E-state index in [1.54, 1.807) is 16.8 Å². The standard InChI is InChI=1S/C17H19N5O2S/c23-15-12-14(22-10-11-25-17(22)19-15)16(24)21-8-2-1-4-13(21)5-9-20-7-3-6-18-20/h3,6-7,10-13H,1-2,4-5,8-9H2/t13-/m0/s1. The van der Waals surface area contributed by atoms with Crippen LogP contribution in [0.5, 0.6) is 0 Å². The van der Waals surface area contributed by atoms with Crippen LogP contribution in [0.1, 0.15) is 36.2 Å². The van der Waals surface area contributed by atoms with Gasteiger partial charge in [-0.05, 0) is 31.7 Å². The highest BCUT2D eigenvalue weighted by atomic mass is 32.1. The van der Waals surface area contributed by atoms with Crippen LogP contribution < -0.4 is 5.56 Å². The van der Waals surface area contributed by atoms with Crippen LogP contribution in [0, 0.1) is 0 Å². The van der Waals surface area contributed by atoms with Crippen molar-refractivity contribution in [2.45, 2.75) is 38.3 Å². The minimum atomic E-state index is -0.365. The van der Waals surface area contributed by atoms with Crippen LogP contribution in [0.4, 0.5) is 0 Å². The number of piperidine rings is 1. The van der Waals surface area contributed by atoms with E-state index in [1.807, 2.05) is 27.2 Å². The van der Waals surface area contributed by atoms with Crippen molar-refractivity contribution in [3.63, 3.8) is 0 Å². The minimum Gasteiger partial charge on any atom is -0.334 e. The predicted molar refractivity (Wildman–Crippen MR) is 94.9 cm³/mol. The van der Waals surface area contributed by atoms with Crippen LogP contribution in [0.3, 0.4) is 0 Å². The van der Waals surface area contributed by atoms with Gasteiger partial charge in [0, 0.05) is 49.2 Å². The van der Waals surface area contributed by atoms with Crippen molar-refractivity contribution in [1.82, 2.24) is 24.1 Å². The first kappa shape index (κ1) is 16.0. The van der Waals surface area contributed by atoms with Crippen molar-refractivity contribution in [2.24, 2.45) is 0 Å². The molecule has 4 heterocycles. The SMILES string of the molecule is O=C(c1cc(=O)nc2sccn12)N1CCCC[C@H]1CCn1cccn1. The summed E-state index contributed by atoms with van der Waals surface area (Å²) in [5.41, 5.74) is 0.0399. The zero-order valence-corrected chi connectivity index (χ0v) is 14.6. The Kier molecular flexibility index (Phi) is 4.35. The topological polar surface area (TPSA) is 72.5 Å². The maximum absolute atomic E-state index is 13.2. The first-order valence-electron chi connectivity index (χ1n) is 8.48. The number of nitrogens with zero attached hydrogens (tertiary/aromatic N) is 5. The van der Waals surface area contributed by atoms with Gasteiger partial charge in [0.15, 0.2) is 4.96 Å². The summed E-state index contributed by atoms with van der Waals surface area (Å²) in [6, 6.07) is 3.42. The number of thiazole rings is 1. The Hall–Kier alpha value is -2.48. The smallest absolute Gasteiger partial charge is 0.274 e. The van der Waals surface area contributed by atoms with E-state index in [1.165, 1.54) is 17.4 Å². The van der Waals surface area contributed by atoms with Crippen molar-refractivity contribution in [3.8, 4) is 0 Å². The van der Waals surface area contributed by atoms with Gasteiger partial charge in [-0.25, -0.2) is 0 Å². The van der Waals surface area contributed by atoms with Crippen LogP contribution in [-0.4, -0.2) is 42.6 Å². The third-order valence-corrected chi connectivity index (χ3v) is 5.43. The Labute approximate surface area is 148 Å². The van der Waals surface area contributed by atoms with Gasteiger partial charge in [-0.3, -0.25) is 18.7 Å². The number of carbonyl (C=O) groups is 1. The van der Waals surface area contributed by atoms with Crippen molar-refractivity contribution in [1.29, 1.82) is 0 Å². The fourth-order valence-electron chi connectivity index (χ4n) is 3.44. The quantitative estimate of drug-likeness (QED) is 0.716. The van der Waals surface area contributed by atoms with Gasteiger partial charge in [-0.2, -0.15) is 10.1 Å². The number of hydrogen-bond donors (Lipinski definition) is 0. The van der Waals surface area contributed by atoms with Crippen LogP contribution in [-0.2, 0) is 6.54 Å². The van der Waals surface area contributed by atoms with Gasteiger partial charge >= 0.3 is 0 Å². The normalized spacial score (nSPS) is 17.9. The lowest BCUT2D eigenvalue weighted by Gasteiger charge is -2.36. The van der Waals surface area contributed by atoms with Gasteiger partial charge in [0.1, 0.15) is 5.69 Å². The highest BCUT2D eigenvalue weighted by Crippen LogP contribution is 2.23. The van der Waals surface area contributed by atoms with Crippen LogP contribution >= 0.6 is 11.3 Å². The molecule has 0 saturated carbocycles. The van der Waals surface area contributed by atoms with Crippen molar-refractivity contribution < 1.29 is 4.79 Å². The monoisotopic (exact) mass is 357 g/mol. The highest BCUT2D eigenvalue weighted by Gasteiger charge is 2.29. The van der Waals surface area contributed by atoms with Crippen molar-refractivity contribution in [2.75, 3.05) is 6.54 Å². The molecule has 0 aromatic carbocycles. The lowest BCUT2D eigenvalue weighted by molar-refractivity contribution is 0.0586. The maximum Gasteiger partial charge on any atom is 0.274 e. The molecule has 1 saturated heterocycles. The summed E-state index contributed by atoms with van der Waals surface area (Å²) in [6.07, 6.45) is 9.46. The Morgan fingerprint density at radius 3 is 3.08 bits per heavy atom. The molecule has 3 aromatic rings. The van der Waals surface area contributed by atoms with E-state index in [4.69, 9.17) is 0 Å². The molecule has 130 valence electrons. The number of fused-ring (bicyclic) bond motifs is 1. The van der Waals surface area contributed by atoms with Gasteiger partial charge < -0.3 is 4.90 Å². The van der Waals surface area contributed by atoms with E-state index in [0.29, 0.717) is 10.7 Å². The zero-order chi connectivity index (χ0) is 17.2. The number of aromatic nitrogens is 4.